The monoisotopic (exact) mass is 379 g/mol. The standard InChI is InChI=1S/C17H19BrClN3/c1-4-22(3)11-20-16-9-14(19)10-17(12(16)2)21-15-7-5-6-13(18)8-15/h5-11,21H,4H2,1-3H3. The Morgan fingerprint density at radius 1 is 1.32 bits per heavy atom. The van der Waals surface area contributed by atoms with Crippen molar-refractivity contribution in [1.29, 1.82) is 0 Å². The molecule has 2 rings (SSSR count). The van der Waals surface area contributed by atoms with E-state index in [1.165, 1.54) is 0 Å². The molecule has 0 saturated carbocycles. The van der Waals surface area contributed by atoms with Gasteiger partial charge in [0.25, 0.3) is 0 Å². The molecular weight excluding hydrogens is 362 g/mol. The van der Waals surface area contributed by atoms with E-state index in [1.54, 1.807) is 0 Å². The Kier molecular flexibility index (Phi) is 5.86. The molecule has 0 aliphatic rings. The Morgan fingerprint density at radius 3 is 2.77 bits per heavy atom. The minimum absolute atomic E-state index is 0.661. The molecule has 0 amide bonds. The summed E-state index contributed by atoms with van der Waals surface area (Å²) in [6.45, 7) is 5.03. The van der Waals surface area contributed by atoms with Gasteiger partial charge in [-0.15, -0.1) is 0 Å². The molecule has 3 nitrogen and oxygen atoms in total. The summed E-state index contributed by atoms with van der Waals surface area (Å²) < 4.78 is 1.03. The predicted molar refractivity (Wildman–Crippen MR) is 100 cm³/mol. The lowest BCUT2D eigenvalue weighted by Crippen LogP contribution is -2.14. The van der Waals surface area contributed by atoms with Crippen LogP contribution in [0.25, 0.3) is 0 Å². The van der Waals surface area contributed by atoms with Crippen LogP contribution in [0, 0.1) is 6.92 Å². The quantitative estimate of drug-likeness (QED) is 0.527. The van der Waals surface area contributed by atoms with Gasteiger partial charge in [-0.2, -0.15) is 0 Å². The second kappa shape index (κ2) is 7.65. The molecule has 116 valence electrons. The molecular formula is C17H19BrClN3. The number of hydrogen-bond acceptors (Lipinski definition) is 2. The summed E-state index contributed by atoms with van der Waals surface area (Å²) in [5.74, 6) is 0. The van der Waals surface area contributed by atoms with Crippen molar-refractivity contribution in [2.45, 2.75) is 13.8 Å². The third-order valence-electron chi connectivity index (χ3n) is 3.34. The number of halogens is 2. The normalized spacial score (nSPS) is 11.0. The fourth-order valence-corrected chi connectivity index (χ4v) is 2.50. The summed E-state index contributed by atoms with van der Waals surface area (Å²) in [7, 11) is 1.99. The second-order valence-corrected chi connectivity index (χ2v) is 6.40. The Labute approximate surface area is 145 Å². The van der Waals surface area contributed by atoms with Crippen LogP contribution in [0.3, 0.4) is 0 Å². The van der Waals surface area contributed by atoms with Crippen molar-refractivity contribution in [3.8, 4) is 0 Å². The Balaban J connectivity index is 2.32. The van der Waals surface area contributed by atoms with Crippen molar-refractivity contribution in [3.05, 3.63) is 51.5 Å². The fourth-order valence-electron chi connectivity index (χ4n) is 1.89. The van der Waals surface area contributed by atoms with Crippen LogP contribution in [-0.4, -0.2) is 24.8 Å². The van der Waals surface area contributed by atoms with E-state index in [9.17, 15) is 0 Å². The maximum Gasteiger partial charge on any atom is 0.0909 e. The van der Waals surface area contributed by atoms with Crippen molar-refractivity contribution < 1.29 is 0 Å². The van der Waals surface area contributed by atoms with Crippen molar-refractivity contribution in [2.24, 2.45) is 4.99 Å². The lowest BCUT2D eigenvalue weighted by molar-refractivity contribution is 0.552. The highest BCUT2D eigenvalue weighted by Crippen LogP contribution is 2.32. The van der Waals surface area contributed by atoms with Gasteiger partial charge in [0.05, 0.1) is 12.0 Å². The molecule has 0 aliphatic heterocycles. The summed E-state index contributed by atoms with van der Waals surface area (Å²) >= 11 is 9.71. The highest BCUT2D eigenvalue weighted by Gasteiger charge is 2.07. The van der Waals surface area contributed by atoms with Gasteiger partial charge in [0.1, 0.15) is 0 Å². The van der Waals surface area contributed by atoms with Gasteiger partial charge >= 0.3 is 0 Å². The van der Waals surface area contributed by atoms with Crippen LogP contribution in [0.1, 0.15) is 12.5 Å². The summed E-state index contributed by atoms with van der Waals surface area (Å²) in [5.41, 5.74) is 3.88. The van der Waals surface area contributed by atoms with Crippen LogP contribution in [0.4, 0.5) is 17.1 Å². The molecule has 1 N–H and O–H groups in total. The van der Waals surface area contributed by atoms with Crippen molar-refractivity contribution in [1.82, 2.24) is 4.90 Å². The average molecular weight is 381 g/mol. The molecule has 0 aromatic heterocycles. The molecule has 0 spiro atoms. The van der Waals surface area contributed by atoms with Gasteiger partial charge in [0.2, 0.25) is 0 Å². The lowest BCUT2D eigenvalue weighted by Gasteiger charge is -2.14. The Hall–Kier alpha value is -1.52. The van der Waals surface area contributed by atoms with E-state index < -0.39 is 0 Å². The van der Waals surface area contributed by atoms with Crippen LogP contribution in [0.2, 0.25) is 5.02 Å². The number of benzene rings is 2. The van der Waals surface area contributed by atoms with Crippen LogP contribution < -0.4 is 5.32 Å². The van der Waals surface area contributed by atoms with Gasteiger partial charge in [0.15, 0.2) is 0 Å². The molecule has 0 bridgehead atoms. The smallest absolute Gasteiger partial charge is 0.0909 e. The molecule has 5 heteroatoms. The first-order chi connectivity index (χ1) is 10.5. The SMILES string of the molecule is CCN(C)C=Nc1cc(Cl)cc(Nc2cccc(Br)c2)c1C. The Morgan fingerprint density at radius 2 is 2.09 bits per heavy atom. The molecule has 0 heterocycles. The summed E-state index contributed by atoms with van der Waals surface area (Å²) in [4.78, 5) is 6.54. The van der Waals surface area contributed by atoms with E-state index in [1.807, 2.05) is 61.6 Å². The van der Waals surface area contributed by atoms with E-state index in [0.717, 1.165) is 33.6 Å². The highest BCUT2D eigenvalue weighted by atomic mass is 79.9. The Bertz CT molecular complexity index is 686. The number of nitrogens with zero attached hydrogens (tertiary/aromatic N) is 2. The van der Waals surface area contributed by atoms with Gasteiger partial charge in [0, 0.05) is 34.5 Å². The van der Waals surface area contributed by atoms with E-state index >= 15 is 0 Å². The van der Waals surface area contributed by atoms with E-state index in [0.29, 0.717) is 5.02 Å². The van der Waals surface area contributed by atoms with Crippen LogP contribution >= 0.6 is 27.5 Å². The summed E-state index contributed by atoms with van der Waals surface area (Å²) in [6, 6.07) is 11.8. The molecule has 2 aromatic rings. The highest BCUT2D eigenvalue weighted by molar-refractivity contribution is 9.10. The van der Waals surface area contributed by atoms with Gasteiger partial charge < -0.3 is 10.2 Å². The first-order valence-corrected chi connectivity index (χ1v) is 8.24. The number of hydrogen-bond donors (Lipinski definition) is 1. The van der Waals surface area contributed by atoms with Crippen molar-refractivity contribution >= 4 is 50.9 Å². The largest absolute Gasteiger partial charge is 0.366 e. The minimum Gasteiger partial charge on any atom is -0.366 e. The van der Waals surface area contributed by atoms with Gasteiger partial charge in [-0.05, 0) is 49.7 Å². The number of nitrogens with one attached hydrogen (secondary N) is 1. The molecule has 22 heavy (non-hydrogen) atoms. The summed E-state index contributed by atoms with van der Waals surface area (Å²) in [5, 5.41) is 4.06. The second-order valence-electron chi connectivity index (χ2n) is 5.05. The van der Waals surface area contributed by atoms with Crippen molar-refractivity contribution in [2.75, 3.05) is 18.9 Å². The third kappa shape index (κ3) is 4.49. The van der Waals surface area contributed by atoms with Crippen LogP contribution in [-0.2, 0) is 0 Å². The lowest BCUT2D eigenvalue weighted by atomic mass is 10.1. The predicted octanol–water partition coefficient (Wildman–Crippen LogP) is 5.77. The first kappa shape index (κ1) is 16.8. The maximum atomic E-state index is 6.23. The fraction of sp³-hybridized carbons (Fsp3) is 0.235. The van der Waals surface area contributed by atoms with Gasteiger partial charge in [-0.25, -0.2) is 4.99 Å². The first-order valence-electron chi connectivity index (χ1n) is 7.06. The molecule has 0 aliphatic carbocycles. The molecule has 0 atom stereocenters. The van der Waals surface area contributed by atoms with E-state index in [4.69, 9.17) is 11.6 Å². The molecule has 0 fully saturated rings. The zero-order chi connectivity index (χ0) is 16.1. The zero-order valence-corrected chi connectivity index (χ0v) is 15.2. The van der Waals surface area contributed by atoms with Crippen molar-refractivity contribution in [3.63, 3.8) is 0 Å². The van der Waals surface area contributed by atoms with Gasteiger partial charge in [-0.1, -0.05) is 33.6 Å². The number of anilines is 2. The van der Waals surface area contributed by atoms with E-state index in [2.05, 4.69) is 33.2 Å². The average Bonchev–Trinajstić information content (AvgIpc) is 2.48. The van der Waals surface area contributed by atoms with Gasteiger partial charge in [-0.3, -0.25) is 0 Å². The topological polar surface area (TPSA) is 27.6 Å². The molecule has 2 aromatic carbocycles. The van der Waals surface area contributed by atoms with Crippen LogP contribution in [0.5, 0.6) is 0 Å². The zero-order valence-electron chi connectivity index (χ0n) is 12.9. The minimum atomic E-state index is 0.661. The number of rotatable bonds is 5. The maximum absolute atomic E-state index is 6.23. The van der Waals surface area contributed by atoms with E-state index in [-0.39, 0.29) is 0 Å². The number of aliphatic imine (C=N–C) groups is 1. The molecule has 0 unspecified atom stereocenters. The molecule has 0 saturated heterocycles. The van der Waals surface area contributed by atoms with Crippen LogP contribution in [0.15, 0.2) is 45.9 Å². The summed E-state index contributed by atoms with van der Waals surface area (Å²) in [6.07, 6.45) is 1.82. The third-order valence-corrected chi connectivity index (χ3v) is 4.05. The molecule has 0 radical (unpaired) electrons.